The molecule has 108 valence electrons. The van der Waals surface area contributed by atoms with Gasteiger partial charge in [0.1, 0.15) is 12.3 Å². The first kappa shape index (κ1) is 16.0. The third kappa shape index (κ3) is 6.11. The molecular weight excluding hydrogens is 329 g/mol. The van der Waals surface area contributed by atoms with E-state index in [2.05, 4.69) is 15.9 Å². The third-order valence-corrected chi connectivity index (χ3v) is 2.73. The van der Waals surface area contributed by atoms with Gasteiger partial charge in [-0.3, -0.25) is 9.69 Å². The molecule has 0 atom stereocenters. The number of hydrogen-bond acceptors (Lipinski definition) is 3. The molecular formula is C11H14BrF3N2O2. The Morgan fingerprint density at radius 3 is 2.47 bits per heavy atom. The fraction of sp³-hybridized carbons (Fsp3) is 0.545. The van der Waals surface area contributed by atoms with E-state index in [-0.39, 0.29) is 6.54 Å². The molecule has 0 aliphatic heterocycles. The maximum Gasteiger partial charge on any atom is 0.406 e. The number of halogens is 4. The van der Waals surface area contributed by atoms with Crippen molar-refractivity contribution in [3.63, 3.8) is 0 Å². The highest BCUT2D eigenvalue weighted by Crippen LogP contribution is 2.17. The molecule has 1 amide bonds. The summed E-state index contributed by atoms with van der Waals surface area (Å²) in [6, 6.07) is 3.44. The zero-order chi connectivity index (χ0) is 14.6. The van der Waals surface area contributed by atoms with Gasteiger partial charge in [0, 0.05) is 7.05 Å². The van der Waals surface area contributed by atoms with Gasteiger partial charge in [0.05, 0.1) is 13.1 Å². The summed E-state index contributed by atoms with van der Waals surface area (Å²) in [7, 11) is 2.77. The second kappa shape index (κ2) is 6.42. The first-order chi connectivity index (χ1) is 8.67. The fourth-order valence-electron chi connectivity index (χ4n) is 1.47. The summed E-state index contributed by atoms with van der Waals surface area (Å²) >= 11 is 3.14. The zero-order valence-corrected chi connectivity index (χ0v) is 12.1. The molecule has 0 unspecified atom stereocenters. The van der Waals surface area contributed by atoms with Gasteiger partial charge < -0.3 is 9.32 Å². The highest BCUT2D eigenvalue weighted by atomic mass is 79.9. The van der Waals surface area contributed by atoms with Gasteiger partial charge in [-0.15, -0.1) is 0 Å². The van der Waals surface area contributed by atoms with Crippen LogP contribution >= 0.6 is 15.9 Å². The number of amides is 1. The van der Waals surface area contributed by atoms with Crippen molar-refractivity contribution in [1.82, 2.24) is 9.80 Å². The van der Waals surface area contributed by atoms with Crippen molar-refractivity contribution in [2.75, 3.05) is 27.2 Å². The number of likely N-dealkylation sites (N-methyl/N-ethyl adjacent to an activating group) is 2. The highest BCUT2D eigenvalue weighted by molar-refractivity contribution is 9.10. The summed E-state index contributed by atoms with van der Waals surface area (Å²) in [5.74, 6) is 0.0334. The van der Waals surface area contributed by atoms with Crippen LogP contribution in [0.3, 0.4) is 0 Å². The Morgan fingerprint density at radius 2 is 2.00 bits per heavy atom. The number of carbonyl (C=O) groups is 1. The van der Waals surface area contributed by atoms with Crippen molar-refractivity contribution in [2.24, 2.45) is 0 Å². The SMILES string of the molecule is CN(CC(=O)N(C)CC(F)(F)F)Cc1ccc(Br)o1. The van der Waals surface area contributed by atoms with E-state index >= 15 is 0 Å². The van der Waals surface area contributed by atoms with Crippen LogP contribution in [0.25, 0.3) is 0 Å². The van der Waals surface area contributed by atoms with Crippen molar-refractivity contribution in [2.45, 2.75) is 12.7 Å². The lowest BCUT2D eigenvalue weighted by Gasteiger charge is -2.22. The summed E-state index contributed by atoms with van der Waals surface area (Å²) in [6.07, 6.45) is -4.38. The predicted molar refractivity (Wildman–Crippen MR) is 66.4 cm³/mol. The predicted octanol–water partition coefficient (Wildman–Crippen LogP) is 2.49. The molecule has 0 aliphatic carbocycles. The monoisotopic (exact) mass is 342 g/mol. The molecule has 0 saturated carbocycles. The quantitative estimate of drug-likeness (QED) is 0.824. The van der Waals surface area contributed by atoms with Crippen LogP contribution in [0.1, 0.15) is 5.76 Å². The Hall–Kier alpha value is -1.02. The van der Waals surface area contributed by atoms with E-state index in [0.29, 0.717) is 21.9 Å². The molecule has 1 rings (SSSR count). The van der Waals surface area contributed by atoms with Gasteiger partial charge in [0.2, 0.25) is 5.91 Å². The Bertz CT molecular complexity index is 434. The fourth-order valence-corrected chi connectivity index (χ4v) is 1.81. The summed E-state index contributed by atoms with van der Waals surface area (Å²) in [4.78, 5) is 13.8. The van der Waals surface area contributed by atoms with Gasteiger partial charge in [-0.1, -0.05) is 0 Å². The van der Waals surface area contributed by atoms with E-state index in [1.165, 1.54) is 0 Å². The van der Waals surface area contributed by atoms with E-state index in [9.17, 15) is 18.0 Å². The minimum atomic E-state index is -4.38. The summed E-state index contributed by atoms with van der Waals surface area (Å²) in [6.45, 7) is -1.01. The smallest absolute Gasteiger partial charge is 0.406 e. The van der Waals surface area contributed by atoms with Crippen LogP contribution in [-0.4, -0.2) is 49.1 Å². The lowest BCUT2D eigenvalue weighted by molar-refractivity contribution is -0.158. The minimum Gasteiger partial charge on any atom is -0.453 e. The van der Waals surface area contributed by atoms with Crippen LogP contribution in [0.2, 0.25) is 0 Å². The molecule has 0 aromatic carbocycles. The molecule has 4 nitrogen and oxygen atoms in total. The molecule has 1 aromatic rings. The van der Waals surface area contributed by atoms with Crippen LogP contribution in [0, 0.1) is 0 Å². The molecule has 8 heteroatoms. The molecule has 1 aromatic heterocycles. The van der Waals surface area contributed by atoms with Gasteiger partial charge in [-0.05, 0) is 35.1 Å². The lowest BCUT2D eigenvalue weighted by atomic mass is 10.4. The number of furan rings is 1. The molecule has 0 aliphatic rings. The molecule has 0 radical (unpaired) electrons. The van der Waals surface area contributed by atoms with Gasteiger partial charge in [0.25, 0.3) is 0 Å². The van der Waals surface area contributed by atoms with E-state index in [1.54, 1.807) is 24.1 Å². The Kier molecular flexibility index (Phi) is 5.42. The summed E-state index contributed by atoms with van der Waals surface area (Å²) < 4.78 is 42.2. The lowest BCUT2D eigenvalue weighted by Crippen LogP contribution is -2.41. The van der Waals surface area contributed by atoms with Gasteiger partial charge in [-0.2, -0.15) is 13.2 Å². The average molecular weight is 343 g/mol. The van der Waals surface area contributed by atoms with Crippen molar-refractivity contribution in [1.29, 1.82) is 0 Å². The minimum absolute atomic E-state index is 0.106. The highest BCUT2D eigenvalue weighted by Gasteiger charge is 2.31. The summed E-state index contributed by atoms with van der Waals surface area (Å²) in [5.41, 5.74) is 0. The Morgan fingerprint density at radius 1 is 1.37 bits per heavy atom. The van der Waals surface area contributed by atoms with Crippen LogP contribution in [0.15, 0.2) is 21.2 Å². The Labute approximate surface area is 117 Å². The van der Waals surface area contributed by atoms with Gasteiger partial charge in [-0.25, -0.2) is 0 Å². The number of carbonyl (C=O) groups excluding carboxylic acids is 1. The van der Waals surface area contributed by atoms with E-state index in [4.69, 9.17) is 4.42 Å². The standard InChI is InChI=1S/C11H14BrF3N2O2/c1-16(5-8-3-4-9(12)19-8)6-10(18)17(2)7-11(13,14)15/h3-4H,5-7H2,1-2H3. The van der Waals surface area contributed by atoms with Gasteiger partial charge in [0.15, 0.2) is 4.67 Å². The van der Waals surface area contributed by atoms with Gasteiger partial charge >= 0.3 is 6.18 Å². The van der Waals surface area contributed by atoms with E-state index in [1.807, 2.05) is 0 Å². The van der Waals surface area contributed by atoms with Crippen LogP contribution < -0.4 is 0 Å². The first-order valence-electron chi connectivity index (χ1n) is 5.41. The molecule has 0 N–H and O–H groups in total. The topological polar surface area (TPSA) is 36.7 Å². The second-order valence-corrected chi connectivity index (χ2v) is 5.02. The molecule has 0 fully saturated rings. The van der Waals surface area contributed by atoms with Crippen LogP contribution in [0.4, 0.5) is 13.2 Å². The number of rotatable bonds is 5. The van der Waals surface area contributed by atoms with Crippen LogP contribution in [0.5, 0.6) is 0 Å². The molecule has 0 spiro atoms. The molecule has 1 heterocycles. The van der Waals surface area contributed by atoms with E-state index in [0.717, 1.165) is 7.05 Å². The van der Waals surface area contributed by atoms with Crippen molar-refractivity contribution >= 4 is 21.8 Å². The molecule has 19 heavy (non-hydrogen) atoms. The molecule has 0 saturated heterocycles. The number of nitrogens with zero attached hydrogens (tertiary/aromatic N) is 2. The first-order valence-corrected chi connectivity index (χ1v) is 6.20. The molecule has 0 bridgehead atoms. The average Bonchev–Trinajstić information content (AvgIpc) is 2.60. The normalized spacial score (nSPS) is 11.9. The van der Waals surface area contributed by atoms with Crippen molar-refractivity contribution in [3.05, 3.63) is 22.6 Å². The largest absolute Gasteiger partial charge is 0.453 e. The van der Waals surface area contributed by atoms with E-state index < -0.39 is 18.6 Å². The maximum absolute atomic E-state index is 12.1. The summed E-state index contributed by atoms with van der Waals surface area (Å²) in [5, 5.41) is 0. The maximum atomic E-state index is 12.1. The van der Waals surface area contributed by atoms with Crippen molar-refractivity contribution < 1.29 is 22.4 Å². The van der Waals surface area contributed by atoms with Crippen molar-refractivity contribution in [3.8, 4) is 0 Å². The number of alkyl halides is 3. The second-order valence-electron chi connectivity index (χ2n) is 4.24. The van der Waals surface area contributed by atoms with Crippen LogP contribution in [-0.2, 0) is 11.3 Å². The Balaban J connectivity index is 2.43. The zero-order valence-electron chi connectivity index (χ0n) is 10.5. The third-order valence-electron chi connectivity index (χ3n) is 2.30. The number of hydrogen-bond donors (Lipinski definition) is 0.